The Bertz CT molecular complexity index is 799. The average molecular weight is 380 g/mol. The van der Waals surface area contributed by atoms with Crippen LogP contribution in [-0.2, 0) is 14.8 Å². The smallest absolute Gasteiger partial charge is 0.244 e. The van der Waals surface area contributed by atoms with Crippen molar-refractivity contribution in [2.75, 3.05) is 13.1 Å². The number of aromatic nitrogens is 1. The molecule has 6 nitrogen and oxygen atoms in total. The molecule has 0 aliphatic carbocycles. The lowest BCUT2D eigenvalue weighted by Gasteiger charge is -2.31. The van der Waals surface area contributed by atoms with Gasteiger partial charge in [0.2, 0.25) is 15.9 Å². The van der Waals surface area contributed by atoms with Crippen molar-refractivity contribution in [2.24, 2.45) is 5.92 Å². The first-order chi connectivity index (χ1) is 12.0. The van der Waals surface area contributed by atoms with E-state index in [1.54, 1.807) is 29.7 Å². The van der Waals surface area contributed by atoms with Gasteiger partial charge in [0, 0.05) is 36.3 Å². The zero-order valence-corrected chi connectivity index (χ0v) is 15.6. The van der Waals surface area contributed by atoms with Crippen LogP contribution in [0.1, 0.15) is 30.7 Å². The summed E-state index contributed by atoms with van der Waals surface area (Å²) in [7, 11) is -3.53. The van der Waals surface area contributed by atoms with Crippen LogP contribution < -0.4 is 5.32 Å². The van der Waals surface area contributed by atoms with E-state index in [0.29, 0.717) is 25.9 Å². The molecule has 1 fully saturated rings. The van der Waals surface area contributed by atoms with Gasteiger partial charge in [-0.25, -0.2) is 8.42 Å². The minimum absolute atomic E-state index is 0.000624. The lowest BCUT2D eigenvalue weighted by atomic mass is 9.97. The number of hydrogen-bond acceptors (Lipinski definition) is 5. The van der Waals surface area contributed by atoms with Gasteiger partial charge in [-0.2, -0.15) is 4.31 Å². The maximum Gasteiger partial charge on any atom is 0.244 e. The Balaban J connectivity index is 1.57. The van der Waals surface area contributed by atoms with Crippen LogP contribution in [0.3, 0.4) is 0 Å². The normalized spacial score (nSPS) is 18.0. The van der Waals surface area contributed by atoms with Crippen LogP contribution in [0.2, 0.25) is 0 Å². The van der Waals surface area contributed by atoms with Crippen LogP contribution in [0.25, 0.3) is 0 Å². The predicted molar refractivity (Wildman–Crippen MR) is 96.6 cm³/mol. The number of nitrogens with zero attached hydrogens (tertiary/aromatic N) is 2. The number of nitrogens with one attached hydrogen (secondary N) is 1. The fourth-order valence-electron chi connectivity index (χ4n) is 2.95. The van der Waals surface area contributed by atoms with Gasteiger partial charge in [-0.1, -0.05) is 6.07 Å². The Labute approximate surface area is 151 Å². The Morgan fingerprint density at radius 1 is 1.32 bits per heavy atom. The first-order valence-electron chi connectivity index (χ1n) is 8.22. The zero-order chi connectivity index (χ0) is 17.9. The number of carbonyl (C=O) groups is 1. The molecule has 0 radical (unpaired) electrons. The Hall–Kier alpha value is -1.77. The summed E-state index contributed by atoms with van der Waals surface area (Å²) in [6, 6.07) is 7.09. The van der Waals surface area contributed by atoms with Gasteiger partial charge in [0.1, 0.15) is 4.90 Å². The summed E-state index contributed by atoms with van der Waals surface area (Å²) in [4.78, 5) is 17.6. The van der Waals surface area contributed by atoms with Gasteiger partial charge in [-0.05, 0) is 43.3 Å². The first kappa shape index (κ1) is 18.0. The minimum Gasteiger partial charge on any atom is -0.349 e. The highest BCUT2D eigenvalue weighted by atomic mass is 32.2. The number of rotatable bonds is 5. The van der Waals surface area contributed by atoms with Crippen molar-refractivity contribution in [1.29, 1.82) is 0 Å². The minimum atomic E-state index is -3.53. The van der Waals surface area contributed by atoms with Crippen LogP contribution in [0.5, 0.6) is 0 Å². The van der Waals surface area contributed by atoms with E-state index in [4.69, 9.17) is 0 Å². The van der Waals surface area contributed by atoms with Gasteiger partial charge >= 0.3 is 0 Å². The summed E-state index contributed by atoms with van der Waals surface area (Å²) in [5.74, 6) is -0.151. The number of sulfonamides is 1. The Morgan fingerprint density at radius 2 is 2.08 bits per heavy atom. The maximum atomic E-state index is 12.6. The molecule has 0 bridgehead atoms. The molecule has 0 aromatic carbocycles. The summed E-state index contributed by atoms with van der Waals surface area (Å²) in [5, 5.41) is 5.02. The van der Waals surface area contributed by atoms with E-state index in [9.17, 15) is 13.2 Å². The highest BCUT2D eigenvalue weighted by Gasteiger charge is 2.32. The lowest BCUT2D eigenvalue weighted by molar-refractivity contribution is -0.126. The number of hydrogen-bond donors (Lipinski definition) is 1. The number of thiophene rings is 1. The van der Waals surface area contributed by atoms with Crippen molar-refractivity contribution < 1.29 is 13.2 Å². The summed E-state index contributed by atoms with van der Waals surface area (Å²) in [6.45, 7) is 2.66. The van der Waals surface area contributed by atoms with Gasteiger partial charge in [0.05, 0.1) is 6.04 Å². The van der Waals surface area contributed by atoms with E-state index >= 15 is 0 Å². The molecule has 2 aromatic rings. The second-order valence-corrected chi connectivity index (χ2v) is 9.03. The van der Waals surface area contributed by atoms with Gasteiger partial charge in [-0.15, -0.1) is 11.3 Å². The molecular formula is C17H21N3O3S2. The molecule has 0 saturated carbocycles. The van der Waals surface area contributed by atoms with Gasteiger partial charge in [0.25, 0.3) is 0 Å². The van der Waals surface area contributed by atoms with E-state index in [1.165, 1.54) is 10.5 Å². The molecule has 1 N–H and O–H groups in total. The largest absolute Gasteiger partial charge is 0.349 e. The van der Waals surface area contributed by atoms with Crippen molar-refractivity contribution in [1.82, 2.24) is 14.6 Å². The summed E-state index contributed by atoms with van der Waals surface area (Å²) in [6.07, 6.45) is 3.96. The van der Waals surface area contributed by atoms with E-state index < -0.39 is 10.0 Å². The molecule has 25 heavy (non-hydrogen) atoms. The molecule has 8 heteroatoms. The van der Waals surface area contributed by atoms with Crippen LogP contribution in [0, 0.1) is 5.92 Å². The number of pyridine rings is 1. The second-order valence-electron chi connectivity index (χ2n) is 6.11. The molecule has 1 saturated heterocycles. The van der Waals surface area contributed by atoms with Crippen molar-refractivity contribution in [3.63, 3.8) is 0 Å². The van der Waals surface area contributed by atoms with Gasteiger partial charge in [-0.3, -0.25) is 9.78 Å². The van der Waals surface area contributed by atoms with Crippen LogP contribution in [-0.4, -0.2) is 36.7 Å². The first-order valence-corrected chi connectivity index (χ1v) is 10.5. The van der Waals surface area contributed by atoms with Crippen LogP contribution in [0.15, 0.2) is 46.9 Å². The van der Waals surface area contributed by atoms with E-state index in [0.717, 1.165) is 4.88 Å². The molecule has 1 aliphatic rings. The van der Waals surface area contributed by atoms with E-state index in [-0.39, 0.29) is 22.8 Å². The van der Waals surface area contributed by atoms with Crippen LogP contribution in [0.4, 0.5) is 0 Å². The molecule has 0 unspecified atom stereocenters. The maximum absolute atomic E-state index is 12.6. The zero-order valence-electron chi connectivity index (χ0n) is 14.0. The monoisotopic (exact) mass is 379 g/mol. The topological polar surface area (TPSA) is 79.4 Å². The highest BCUT2D eigenvalue weighted by Crippen LogP contribution is 2.25. The second kappa shape index (κ2) is 7.63. The van der Waals surface area contributed by atoms with Crippen molar-refractivity contribution >= 4 is 27.3 Å². The number of piperidine rings is 1. The van der Waals surface area contributed by atoms with Crippen molar-refractivity contribution in [3.8, 4) is 0 Å². The highest BCUT2D eigenvalue weighted by molar-refractivity contribution is 7.89. The molecule has 2 aromatic heterocycles. The molecule has 1 amide bonds. The third kappa shape index (κ3) is 4.08. The average Bonchev–Trinajstić information content (AvgIpc) is 3.17. The molecule has 134 valence electrons. The standard InChI is InChI=1S/C17H21N3O3S2/c1-13(16-5-3-11-24-16)19-17(21)14-6-9-20(10-7-14)25(22,23)15-4-2-8-18-12-15/h2-5,8,11-14H,6-7,9-10H2,1H3,(H,19,21)/t13-/m1/s1. The lowest BCUT2D eigenvalue weighted by Crippen LogP contribution is -2.43. The molecule has 0 spiro atoms. The number of amides is 1. The third-order valence-electron chi connectivity index (χ3n) is 4.43. The van der Waals surface area contributed by atoms with Crippen molar-refractivity contribution in [2.45, 2.75) is 30.7 Å². The SMILES string of the molecule is C[C@@H](NC(=O)C1CCN(S(=O)(=O)c2cccnc2)CC1)c1cccs1. The van der Waals surface area contributed by atoms with Gasteiger partial charge in [0.15, 0.2) is 0 Å². The Kier molecular flexibility index (Phi) is 5.51. The van der Waals surface area contributed by atoms with Gasteiger partial charge < -0.3 is 5.32 Å². The van der Waals surface area contributed by atoms with E-state index in [2.05, 4.69) is 10.3 Å². The number of carbonyl (C=O) groups excluding carboxylic acids is 1. The van der Waals surface area contributed by atoms with Crippen molar-refractivity contribution in [3.05, 3.63) is 46.9 Å². The third-order valence-corrected chi connectivity index (χ3v) is 7.36. The fraction of sp³-hybridized carbons (Fsp3) is 0.412. The van der Waals surface area contributed by atoms with E-state index in [1.807, 2.05) is 24.4 Å². The summed E-state index contributed by atoms with van der Waals surface area (Å²) in [5.41, 5.74) is 0. The molecule has 3 rings (SSSR count). The molecule has 1 aliphatic heterocycles. The summed E-state index contributed by atoms with van der Waals surface area (Å²) < 4.78 is 26.6. The summed E-state index contributed by atoms with van der Waals surface area (Å²) >= 11 is 1.61. The Morgan fingerprint density at radius 3 is 2.68 bits per heavy atom. The predicted octanol–water partition coefficient (Wildman–Crippen LogP) is 2.42. The molecule has 3 heterocycles. The van der Waals surface area contributed by atoms with Crippen LogP contribution >= 0.6 is 11.3 Å². The fourth-order valence-corrected chi connectivity index (χ4v) is 5.12. The molecular weight excluding hydrogens is 358 g/mol. The molecule has 1 atom stereocenters. The quantitative estimate of drug-likeness (QED) is 0.865.